The van der Waals surface area contributed by atoms with E-state index in [0.29, 0.717) is 12.2 Å². The summed E-state index contributed by atoms with van der Waals surface area (Å²) >= 11 is 0. The van der Waals surface area contributed by atoms with Gasteiger partial charge in [0.15, 0.2) is 0 Å². The number of aromatic nitrogens is 1. The van der Waals surface area contributed by atoms with E-state index >= 15 is 0 Å². The topological polar surface area (TPSA) is 53.5 Å². The first kappa shape index (κ1) is 18.9. The summed E-state index contributed by atoms with van der Waals surface area (Å²) in [4.78, 5) is 33.2. The number of pyridine rings is 1. The highest BCUT2D eigenvalue weighted by molar-refractivity contribution is 6.22. The van der Waals surface area contributed by atoms with Crippen LogP contribution in [-0.4, -0.2) is 27.4 Å². The van der Waals surface area contributed by atoms with Crippen molar-refractivity contribution >= 4 is 17.6 Å². The van der Waals surface area contributed by atoms with E-state index in [1.807, 2.05) is 36.4 Å². The number of imide groups is 1. The van der Waals surface area contributed by atoms with Crippen molar-refractivity contribution in [3.63, 3.8) is 0 Å². The van der Waals surface area contributed by atoms with Crippen LogP contribution >= 0.6 is 0 Å². The summed E-state index contributed by atoms with van der Waals surface area (Å²) < 4.78 is 0. The van der Waals surface area contributed by atoms with Gasteiger partial charge in [0.1, 0.15) is 5.54 Å². The van der Waals surface area contributed by atoms with Crippen LogP contribution < -0.4 is 4.90 Å². The molecule has 1 aromatic heterocycles. The minimum absolute atomic E-state index is 0.228. The van der Waals surface area contributed by atoms with Gasteiger partial charge in [0.2, 0.25) is 0 Å². The number of amides is 3. The molecule has 3 amide bonds. The average molecular weight is 385 g/mol. The Bertz CT molecular complexity index is 1030. The lowest BCUT2D eigenvalue weighted by molar-refractivity contribution is -0.123. The first-order valence-electron chi connectivity index (χ1n) is 9.65. The third-order valence-corrected chi connectivity index (χ3v) is 5.43. The van der Waals surface area contributed by atoms with Crippen LogP contribution in [0.1, 0.15) is 30.5 Å². The second-order valence-electron chi connectivity index (χ2n) is 7.70. The summed E-state index contributed by atoms with van der Waals surface area (Å²) in [6.45, 7) is 3.98. The Morgan fingerprint density at radius 2 is 1.45 bits per heavy atom. The molecule has 1 aliphatic rings. The highest BCUT2D eigenvalue weighted by atomic mass is 16.2. The Morgan fingerprint density at radius 3 is 2.14 bits per heavy atom. The van der Waals surface area contributed by atoms with Crippen LogP contribution in [0, 0.1) is 0 Å². The van der Waals surface area contributed by atoms with Crippen molar-refractivity contribution in [2.75, 3.05) is 4.90 Å². The van der Waals surface area contributed by atoms with Crippen molar-refractivity contribution in [1.29, 1.82) is 0 Å². The molecule has 0 radical (unpaired) electrons. The molecule has 1 fully saturated rings. The van der Waals surface area contributed by atoms with Gasteiger partial charge >= 0.3 is 6.03 Å². The zero-order valence-corrected chi connectivity index (χ0v) is 16.6. The van der Waals surface area contributed by atoms with E-state index in [1.165, 1.54) is 10.5 Å². The van der Waals surface area contributed by atoms with E-state index in [4.69, 9.17) is 0 Å². The molecule has 0 spiro atoms. The summed E-state index contributed by atoms with van der Waals surface area (Å²) in [5, 5.41) is 0. The van der Waals surface area contributed by atoms with Crippen LogP contribution in [-0.2, 0) is 17.8 Å². The first-order chi connectivity index (χ1) is 14.0. The number of urea groups is 1. The molecule has 3 aromatic rings. The molecule has 0 saturated carbocycles. The molecule has 1 aliphatic heterocycles. The lowest BCUT2D eigenvalue weighted by Crippen LogP contribution is -2.43. The molecule has 0 atom stereocenters. The van der Waals surface area contributed by atoms with Gasteiger partial charge in [-0.15, -0.1) is 0 Å². The highest BCUT2D eigenvalue weighted by Crippen LogP contribution is 2.33. The van der Waals surface area contributed by atoms with Crippen LogP contribution in [0.15, 0.2) is 79.1 Å². The Morgan fingerprint density at radius 1 is 0.828 bits per heavy atom. The Kier molecular flexibility index (Phi) is 4.89. The third kappa shape index (κ3) is 3.51. The number of carbonyl (C=O) groups excluding carboxylic acids is 2. The minimum atomic E-state index is -0.930. The fourth-order valence-corrected chi connectivity index (χ4v) is 3.69. The van der Waals surface area contributed by atoms with Gasteiger partial charge in [-0.2, -0.15) is 0 Å². The zero-order chi connectivity index (χ0) is 20.4. The van der Waals surface area contributed by atoms with Crippen molar-refractivity contribution in [1.82, 2.24) is 9.88 Å². The van der Waals surface area contributed by atoms with Gasteiger partial charge in [-0.1, -0.05) is 54.6 Å². The van der Waals surface area contributed by atoms with Crippen molar-refractivity contribution in [3.05, 3.63) is 95.8 Å². The molecule has 2 heterocycles. The molecule has 0 unspecified atom stereocenters. The molecule has 29 heavy (non-hydrogen) atoms. The third-order valence-electron chi connectivity index (χ3n) is 5.43. The molecular weight excluding hydrogens is 362 g/mol. The zero-order valence-electron chi connectivity index (χ0n) is 16.6. The summed E-state index contributed by atoms with van der Waals surface area (Å²) in [6.07, 6.45) is 3.95. The van der Waals surface area contributed by atoms with Gasteiger partial charge in [-0.05, 0) is 49.1 Å². The fraction of sp³-hybridized carbons (Fsp3) is 0.208. The van der Waals surface area contributed by atoms with Crippen molar-refractivity contribution in [3.8, 4) is 0 Å². The SMILES string of the molecule is CC1(C)C(=O)N(c2ccncc2)C(=O)N1Cc1ccccc1Cc1ccccc1. The number of anilines is 1. The predicted molar refractivity (Wildman–Crippen MR) is 112 cm³/mol. The van der Waals surface area contributed by atoms with Crippen LogP contribution in [0.25, 0.3) is 0 Å². The number of nitrogens with zero attached hydrogens (tertiary/aromatic N) is 3. The monoisotopic (exact) mass is 385 g/mol. The Labute approximate surface area is 170 Å². The average Bonchev–Trinajstić information content (AvgIpc) is 2.90. The quantitative estimate of drug-likeness (QED) is 0.611. The maximum atomic E-state index is 13.2. The first-order valence-corrected chi connectivity index (χ1v) is 9.65. The van der Waals surface area contributed by atoms with E-state index in [1.54, 1.807) is 43.3 Å². The molecule has 5 nitrogen and oxygen atoms in total. The molecule has 4 rings (SSSR count). The number of carbonyl (C=O) groups is 2. The number of hydrogen-bond donors (Lipinski definition) is 0. The van der Waals surface area contributed by atoms with Crippen LogP contribution in [0.2, 0.25) is 0 Å². The van der Waals surface area contributed by atoms with Gasteiger partial charge in [0.05, 0.1) is 5.69 Å². The van der Waals surface area contributed by atoms with Crippen molar-refractivity contribution < 1.29 is 9.59 Å². The molecule has 2 aromatic carbocycles. The summed E-state index contributed by atoms with van der Waals surface area (Å²) in [7, 11) is 0. The second kappa shape index (κ2) is 7.51. The van der Waals surface area contributed by atoms with E-state index in [9.17, 15) is 9.59 Å². The standard InChI is InChI=1S/C24H23N3O2/c1-24(2)22(28)27(21-12-14-25-15-13-21)23(29)26(24)17-20-11-7-6-10-19(20)16-18-8-4-3-5-9-18/h3-15H,16-17H2,1-2H3. The van der Waals surface area contributed by atoms with Crippen molar-refractivity contribution in [2.24, 2.45) is 0 Å². The smallest absolute Gasteiger partial charge is 0.305 e. The number of benzene rings is 2. The lowest BCUT2D eigenvalue weighted by atomic mass is 9.97. The lowest BCUT2D eigenvalue weighted by Gasteiger charge is -2.28. The maximum Gasteiger partial charge on any atom is 0.332 e. The Balaban J connectivity index is 1.64. The van der Waals surface area contributed by atoms with E-state index in [-0.39, 0.29) is 11.9 Å². The summed E-state index contributed by atoms with van der Waals surface area (Å²) in [5.74, 6) is -0.228. The molecule has 0 N–H and O–H groups in total. The van der Waals surface area contributed by atoms with Gasteiger partial charge in [-0.3, -0.25) is 9.78 Å². The largest absolute Gasteiger partial charge is 0.332 e. The molecular formula is C24H23N3O2. The molecule has 1 saturated heterocycles. The van der Waals surface area contributed by atoms with Crippen LogP contribution in [0.4, 0.5) is 10.5 Å². The van der Waals surface area contributed by atoms with Crippen LogP contribution in [0.5, 0.6) is 0 Å². The van der Waals surface area contributed by atoms with E-state index in [0.717, 1.165) is 17.5 Å². The fourth-order valence-electron chi connectivity index (χ4n) is 3.69. The molecule has 0 aliphatic carbocycles. The molecule has 5 heteroatoms. The highest BCUT2D eigenvalue weighted by Gasteiger charge is 2.51. The second-order valence-corrected chi connectivity index (χ2v) is 7.70. The van der Waals surface area contributed by atoms with E-state index in [2.05, 4.69) is 23.2 Å². The van der Waals surface area contributed by atoms with Gasteiger partial charge < -0.3 is 4.90 Å². The summed E-state index contributed by atoms with van der Waals surface area (Å²) in [6, 6.07) is 21.4. The number of hydrogen-bond acceptors (Lipinski definition) is 3. The van der Waals surface area contributed by atoms with Crippen LogP contribution in [0.3, 0.4) is 0 Å². The Hall–Kier alpha value is -3.47. The van der Waals surface area contributed by atoms with Gasteiger partial charge in [0, 0.05) is 18.9 Å². The minimum Gasteiger partial charge on any atom is -0.305 e. The summed E-state index contributed by atoms with van der Waals surface area (Å²) in [5.41, 5.74) is 3.02. The molecule has 146 valence electrons. The van der Waals surface area contributed by atoms with E-state index < -0.39 is 5.54 Å². The normalized spacial score (nSPS) is 15.8. The maximum absolute atomic E-state index is 13.2. The predicted octanol–water partition coefficient (Wildman–Crippen LogP) is 4.42. The van der Waals surface area contributed by atoms with Crippen molar-refractivity contribution in [2.45, 2.75) is 32.4 Å². The number of rotatable bonds is 5. The molecule has 0 bridgehead atoms. The van der Waals surface area contributed by atoms with Gasteiger partial charge in [0.25, 0.3) is 5.91 Å². The van der Waals surface area contributed by atoms with Gasteiger partial charge in [-0.25, -0.2) is 9.69 Å².